The molecule has 0 saturated heterocycles. The van der Waals surface area contributed by atoms with Crippen LogP contribution in [0.4, 0.5) is 11.5 Å². The fourth-order valence-corrected chi connectivity index (χ4v) is 3.52. The normalized spacial score (nSPS) is 11.0. The van der Waals surface area contributed by atoms with Crippen LogP contribution in [0.2, 0.25) is 0 Å². The predicted molar refractivity (Wildman–Crippen MR) is 98.4 cm³/mol. The third-order valence-electron chi connectivity index (χ3n) is 3.78. The summed E-state index contributed by atoms with van der Waals surface area (Å²) in [6.07, 6.45) is 3.06. The van der Waals surface area contributed by atoms with Crippen LogP contribution in [0.1, 0.15) is 12.5 Å². The number of hydrogen-bond donors (Lipinski definition) is 2. The van der Waals surface area contributed by atoms with Gasteiger partial charge < -0.3 is 10.1 Å². The number of nitrogens with zero attached hydrogens (tertiary/aromatic N) is 4. The van der Waals surface area contributed by atoms with Gasteiger partial charge in [-0.25, -0.2) is 15.0 Å². The highest BCUT2D eigenvalue weighted by molar-refractivity contribution is 7.17. The lowest BCUT2D eigenvalue weighted by Crippen LogP contribution is -2.00. The van der Waals surface area contributed by atoms with E-state index in [4.69, 9.17) is 4.74 Å². The van der Waals surface area contributed by atoms with Crippen molar-refractivity contribution in [3.05, 3.63) is 41.8 Å². The molecule has 2 N–H and O–H groups in total. The van der Waals surface area contributed by atoms with E-state index in [-0.39, 0.29) is 0 Å². The van der Waals surface area contributed by atoms with E-state index in [1.54, 1.807) is 17.7 Å². The summed E-state index contributed by atoms with van der Waals surface area (Å²) in [6.45, 7) is 4.58. The summed E-state index contributed by atoms with van der Waals surface area (Å²) < 4.78 is 5.81. The van der Waals surface area contributed by atoms with E-state index in [9.17, 15) is 0 Å². The quantitative estimate of drug-likeness (QED) is 0.566. The summed E-state index contributed by atoms with van der Waals surface area (Å²) in [4.78, 5) is 13.9. The standard InChI is InChI=1S/C17H16N6OS/c1-3-24-13-6-11(15-19-9-21-23-15)4-5-12(13)22-16-14-10(2)7-25-17(14)20-8-18-16/h4-9H,3H2,1-2H3,(H,18,20,22)(H,19,21,23). The molecule has 3 aromatic heterocycles. The first-order chi connectivity index (χ1) is 12.3. The van der Waals surface area contributed by atoms with E-state index in [2.05, 4.69) is 42.8 Å². The highest BCUT2D eigenvalue weighted by atomic mass is 32.1. The van der Waals surface area contributed by atoms with Crippen LogP contribution in [-0.2, 0) is 0 Å². The Kier molecular flexibility index (Phi) is 4.02. The van der Waals surface area contributed by atoms with Gasteiger partial charge in [0.05, 0.1) is 17.7 Å². The van der Waals surface area contributed by atoms with Gasteiger partial charge in [0.15, 0.2) is 5.82 Å². The number of ether oxygens (including phenoxy) is 1. The molecule has 0 aliphatic heterocycles. The molecule has 0 aliphatic rings. The van der Waals surface area contributed by atoms with E-state index in [1.807, 2.05) is 25.1 Å². The molecule has 0 spiro atoms. The number of aromatic nitrogens is 5. The van der Waals surface area contributed by atoms with Crippen molar-refractivity contribution in [2.45, 2.75) is 13.8 Å². The predicted octanol–water partition coefficient (Wildman–Crippen LogP) is 3.93. The highest BCUT2D eigenvalue weighted by Crippen LogP contribution is 2.35. The number of nitrogens with one attached hydrogen (secondary N) is 2. The lowest BCUT2D eigenvalue weighted by molar-refractivity contribution is 0.342. The maximum absolute atomic E-state index is 5.81. The molecule has 0 saturated carbocycles. The van der Waals surface area contributed by atoms with Crippen LogP contribution in [0, 0.1) is 6.92 Å². The number of anilines is 2. The van der Waals surface area contributed by atoms with Crippen LogP contribution in [-0.4, -0.2) is 31.8 Å². The molecule has 3 heterocycles. The number of H-pyrrole nitrogens is 1. The van der Waals surface area contributed by atoms with Crippen LogP contribution in [0.3, 0.4) is 0 Å². The zero-order valence-electron chi connectivity index (χ0n) is 13.8. The maximum Gasteiger partial charge on any atom is 0.155 e. The topological polar surface area (TPSA) is 88.6 Å². The van der Waals surface area contributed by atoms with Crippen molar-refractivity contribution in [2.24, 2.45) is 0 Å². The molecule has 25 heavy (non-hydrogen) atoms. The van der Waals surface area contributed by atoms with Crippen molar-refractivity contribution in [2.75, 3.05) is 11.9 Å². The Morgan fingerprint density at radius 1 is 1.20 bits per heavy atom. The van der Waals surface area contributed by atoms with Crippen molar-refractivity contribution < 1.29 is 4.74 Å². The van der Waals surface area contributed by atoms with E-state index < -0.39 is 0 Å². The van der Waals surface area contributed by atoms with Crippen LogP contribution >= 0.6 is 11.3 Å². The minimum atomic E-state index is 0.561. The van der Waals surface area contributed by atoms with Gasteiger partial charge in [0.1, 0.15) is 29.1 Å². The van der Waals surface area contributed by atoms with E-state index in [0.717, 1.165) is 38.6 Å². The van der Waals surface area contributed by atoms with Gasteiger partial charge in [-0.3, -0.25) is 5.10 Å². The highest BCUT2D eigenvalue weighted by Gasteiger charge is 2.13. The summed E-state index contributed by atoms with van der Waals surface area (Å²) in [7, 11) is 0. The number of aryl methyl sites for hydroxylation is 1. The van der Waals surface area contributed by atoms with Gasteiger partial charge in [-0.05, 0) is 43.0 Å². The number of fused-ring (bicyclic) bond motifs is 1. The lowest BCUT2D eigenvalue weighted by atomic mass is 10.1. The Bertz CT molecular complexity index is 1010. The van der Waals surface area contributed by atoms with Gasteiger partial charge in [-0.1, -0.05) is 0 Å². The largest absolute Gasteiger partial charge is 0.492 e. The molecule has 0 amide bonds. The molecule has 4 aromatic rings. The summed E-state index contributed by atoms with van der Waals surface area (Å²) in [6, 6.07) is 5.86. The second kappa shape index (κ2) is 6.48. The van der Waals surface area contributed by atoms with Crippen molar-refractivity contribution in [1.82, 2.24) is 25.1 Å². The van der Waals surface area contributed by atoms with Gasteiger partial charge in [-0.15, -0.1) is 11.3 Å². The van der Waals surface area contributed by atoms with Crippen LogP contribution < -0.4 is 10.1 Å². The zero-order chi connectivity index (χ0) is 17.2. The smallest absolute Gasteiger partial charge is 0.155 e. The summed E-state index contributed by atoms with van der Waals surface area (Å²) in [5, 5.41) is 13.3. The third kappa shape index (κ3) is 2.91. The van der Waals surface area contributed by atoms with Crippen LogP contribution in [0.5, 0.6) is 5.75 Å². The second-order valence-electron chi connectivity index (χ2n) is 5.42. The summed E-state index contributed by atoms with van der Waals surface area (Å²) >= 11 is 1.61. The minimum Gasteiger partial charge on any atom is -0.492 e. The molecule has 0 bridgehead atoms. The van der Waals surface area contributed by atoms with Crippen LogP contribution in [0.15, 0.2) is 36.2 Å². The molecule has 7 nitrogen and oxygen atoms in total. The summed E-state index contributed by atoms with van der Waals surface area (Å²) in [5.41, 5.74) is 2.90. The number of benzene rings is 1. The monoisotopic (exact) mass is 352 g/mol. The van der Waals surface area contributed by atoms with Crippen molar-refractivity contribution in [3.8, 4) is 17.1 Å². The van der Waals surface area contributed by atoms with E-state index in [0.29, 0.717) is 12.4 Å². The molecule has 1 aromatic carbocycles. The third-order valence-corrected chi connectivity index (χ3v) is 4.78. The average molecular weight is 352 g/mol. The first-order valence-electron chi connectivity index (χ1n) is 7.84. The molecule has 8 heteroatoms. The molecule has 0 aliphatic carbocycles. The fraction of sp³-hybridized carbons (Fsp3) is 0.176. The first-order valence-corrected chi connectivity index (χ1v) is 8.72. The second-order valence-corrected chi connectivity index (χ2v) is 6.28. The number of aromatic amines is 1. The first kappa shape index (κ1) is 15.5. The Labute approximate surface area is 148 Å². The molecule has 126 valence electrons. The number of thiophene rings is 1. The SMILES string of the molecule is CCOc1cc(-c2ncn[nH]2)ccc1Nc1ncnc2scc(C)c12. The molecule has 0 unspecified atom stereocenters. The molecule has 0 fully saturated rings. The van der Waals surface area contributed by atoms with Gasteiger partial charge in [0.2, 0.25) is 0 Å². The van der Waals surface area contributed by atoms with Crippen molar-refractivity contribution in [1.29, 1.82) is 0 Å². The summed E-state index contributed by atoms with van der Waals surface area (Å²) in [5.74, 6) is 2.21. The Hall–Kier alpha value is -3.00. The lowest BCUT2D eigenvalue weighted by Gasteiger charge is -2.13. The van der Waals surface area contributed by atoms with Gasteiger partial charge >= 0.3 is 0 Å². The Morgan fingerprint density at radius 3 is 2.92 bits per heavy atom. The zero-order valence-corrected chi connectivity index (χ0v) is 14.6. The van der Waals surface area contributed by atoms with Crippen molar-refractivity contribution in [3.63, 3.8) is 0 Å². The fourth-order valence-electron chi connectivity index (χ4n) is 2.63. The Morgan fingerprint density at radius 2 is 2.12 bits per heavy atom. The average Bonchev–Trinajstić information content (AvgIpc) is 3.28. The van der Waals surface area contributed by atoms with Gasteiger partial charge in [0, 0.05) is 5.56 Å². The Balaban J connectivity index is 1.75. The van der Waals surface area contributed by atoms with E-state index in [1.165, 1.54) is 6.33 Å². The molecule has 0 atom stereocenters. The van der Waals surface area contributed by atoms with E-state index >= 15 is 0 Å². The van der Waals surface area contributed by atoms with Crippen molar-refractivity contribution >= 4 is 33.1 Å². The maximum atomic E-state index is 5.81. The molecular formula is C17H16N6OS. The van der Waals surface area contributed by atoms with Gasteiger partial charge in [0.25, 0.3) is 0 Å². The number of rotatable bonds is 5. The van der Waals surface area contributed by atoms with Gasteiger partial charge in [-0.2, -0.15) is 5.10 Å². The van der Waals surface area contributed by atoms with Crippen LogP contribution in [0.25, 0.3) is 21.6 Å². The molecule has 4 rings (SSSR count). The minimum absolute atomic E-state index is 0.561. The number of hydrogen-bond acceptors (Lipinski definition) is 7. The molecular weight excluding hydrogens is 336 g/mol. The molecule has 0 radical (unpaired) electrons.